The van der Waals surface area contributed by atoms with E-state index in [1.165, 1.54) is 6.20 Å². The van der Waals surface area contributed by atoms with Gasteiger partial charge >= 0.3 is 0 Å². The molecular formula is C5H6N4O. The van der Waals surface area contributed by atoms with Crippen molar-refractivity contribution in [3.63, 3.8) is 0 Å². The van der Waals surface area contributed by atoms with E-state index in [-0.39, 0.29) is 5.57 Å². The van der Waals surface area contributed by atoms with Crippen LogP contribution in [0.2, 0.25) is 0 Å². The first-order valence-electron chi connectivity index (χ1n) is 2.56. The monoisotopic (exact) mass is 138 g/mol. The zero-order chi connectivity index (χ0) is 7.56. The standard InChI is InChI=1S/C5H6N4O/c1-3(5(6)10)4-2-7-9-8-4/h2H,1H2,(H2,6,10)(H,7,8,9). The zero-order valence-electron chi connectivity index (χ0n) is 5.16. The lowest BCUT2D eigenvalue weighted by molar-refractivity contribution is -0.112. The van der Waals surface area contributed by atoms with E-state index >= 15 is 0 Å². The van der Waals surface area contributed by atoms with Crippen molar-refractivity contribution >= 4 is 11.5 Å². The zero-order valence-corrected chi connectivity index (χ0v) is 5.16. The van der Waals surface area contributed by atoms with Gasteiger partial charge in [0.05, 0.1) is 11.8 Å². The molecule has 10 heavy (non-hydrogen) atoms. The van der Waals surface area contributed by atoms with Crippen molar-refractivity contribution in [1.29, 1.82) is 0 Å². The molecule has 0 aromatic carbocycles. The lowest BCUT2D eigenvalue weighted by Gasteiger charge is -1.90. The quantitative estimate of drug-likeness (QED) is 0.530. The first-order valence-corrected chi connectivity index (χ1v) is 2.56. The van der Waals surface area contributed by atoms with E-state index in [4.69, 9.17) is 5.73 Å². The highest BCUT2D eigenvalue weighted by Gasteiger charge is 2.06. The number of aromatic amines is 1. The molecule has 0 unspecified atom stereocenters. The van der Waals surface area contributed by atoms with Crippen LogP contribution < -0.4 is 5.73 Å². The van der Waals surface area contributed by atoms with Gasteiger partial charge in [0, 0.05) is 0 Å². The minimum Gasteiger partial charge on any atom is -0.366 e. The first kappa shape index (κ1) is 6.47. The van der Waals surface area contributed by atoms with Crippen LogP contribution in [0.5, 0.6) is 0 Å². The van der Waals surface area contributed by atoms with Crippen LogP contribution in [0.4, 0.5) is 0 Å². The summed E-state index contributed by atoms with van der Waals surface area (Å²) in [5, 5.41) is 9.42. The summed E-state index contributed by atoms with van der Waals surface area (Å²) in [4.78, 5) is 10.4. The van der Waals surface area contributed by atoms with Gasteiger partial charge in [0.2, 0.25) is 5.91 Å². The number of aromatic nitrogens is 3. The van der Waals surface area contributed by atoms with Crippen molar-refractivity contribution in [3.05, 3.63) is 18.5 Å². The normalized spacial score (nSPS) is 9.20. The molecule has 0 fully saturated rings. The number of nitrogens with two attached hydrogens (primary N) is 1. The van der Waals surface area contributed by atoms with Crippen LogP contribution >= 0.6 is 0 Å². The van der Waals surface area contributed by atoms with Gasteiger partial charge in [-0.25, -0.2) is 0 Å². The van der Waals surface area contributed by atoms with E-state index in [2.05, 4.69) is 22.0 Å². The summed E-state index contributed by atoms with van der Waals surface area (Å²) in [5.41, 5.74) is 5.45. The van der Waals surface area contributed by atoms with Crippen LogP contribution in [0.1, 0.15) is 5.69 Å². The number of carbonyl (C=O) groups is 1. The van der Waals surface area contributed by atoms with Crippen LogP contribution in [0.15, 0.2) is 12.8 Å². The first-order chi connectivity index (χ1) is 4.72. The summed E-state index contributed by atoms with van der Waals surface area (Å²) in [6, 6.07) is 0. The molecule has 0 aliphatic carbocycles. The fourth-order valence-corrected chi connectivity index (χ4v) is 0.473. The molecule has 1 aromatic heterocycles. The van der Waals surface area contributed by atoms with Crippen molar-refractivity contribution in [3.8, 4) is 0 Å². The van der Waals surface area contributed by atoms with Crippen molar-refractivity contribution in [2.75, 3.05) is 0 Å². The summed E-state index contributed by atoms with van der Waals surface area (Å²) in [5.74, 6) is -0.589. The largest absolute Gasteiger partial charge is 0.366 e. The van der Waals surface area contributed by atoms with Gasteiger partial charge in [-0.2, -0.15) is 15.4 Å². The Balaban J connectivity index is 2.88. The molecule has 0 aliphatic heterocycles. The smallest absolute Gasteiger partial charge is 0.250 e. The number of rotatable bonds is 2. The lowest BCUT2D eigenvalue weighted by Crippen LogP contribution is -2.12. The summed E-state index contributed by atoms with van der Waals surface area (Å²) < 4.78 is 0. The van der Waals surface area contributed by atoms with Gasteiger partial charge in [-0.15, -0.1) is 0 Å². The molecule has 0 spiro atoms. The molecule has 5 nitrogen and oxygen atoms in total. The molecule has 1 heterocycles. The van der Waals surface area contributed by atoms with E-state index in [9.17, 15) is 4.79 Å². The minimum absolute atomic E-state index is 0.161. The van der Waals surface area contributed by atoms with E-state index < -0.39 is 5.91 Å². The minimum atomic E-state index is -0.589. The fourth-order valence-electron chi connectivity index (χ4n) is 0.473. The molecule has 1 rings (SSSR count). The predicted octanol–water partition coefficient (Wildman–Crippen LogP) is -0.697. The van der Waals surface area contributed by atoms with Gasteiger partial charge in [0.15, 0.2) is 0 Å². The highest BCUT2D eigenvalue weighted by atomic mass is 16.1. The van der Waals surface area contributed by atoms with Gasteiger partial charge in [-0.05, 0) is 0 Å². The lowest BCUT2D eigenvalue weighted by atomic mass is 10.2. The van der Waals surface area contributed by atoms with Crippen LogP contribution in [0.25, 0.3) is 5.57 Å². The Morgan fingerprint density at radius 3 is 2.90 bits per heavy atom. The maximum Gasteiger partial charge on any atom is 0.250 e. The molecule has 52 valence electrons. The number of primary amides is 1. The Hall–Kier alpha value is -1.65. The van der Waals surface area contributed by atoms with Gasteiger partial charge in [0.1, 0.15) is 5.69 Å². The Morgan fingerprint density at radius 2 is 2.50 bits per heavy atom. The molecule has 0 radical (unpaired) electrons. The highest BCUT2D eigenvalue weighted by molar-refractivity contribution is 6.17. The van der Waals surface area contributed by atoms with Gasteiger partial charge in [-0.1, -0.05) is 6.58 Å². The van der Waals surface area contributed by atoms with Crippen molar-refractivity contribution in [1.82, 2.24) is 15.4 Å². The molecule has 3 N–H and O–H groups in total. The number of nitrogens with one attached hydrogen (secondary N) is 1. The third kappa shape index (κ3) is 1.02. The van der Waals surface area contributed by atoms with Crippen molar-refractivity contribution in [2.24, 2.45) is 5.73 Å². The van der Waals surface area contributed by atoms with Gasteiger partial charge in [-0.3, -0.25) is 4.79 Å². The Kier molecular flexibility index (Phi) is 1.49. The Labute approximate surface area is 56.9 Å². The van der Waals surface area contributed by atoms with Crippen LogP contribution in [-0.4, -0.2) is 21.3 Å². The number of H-pyrrole nitrogens is 1. The second kappa shape index (κ2) is 2.30. The average molecular weight is 138 g/mol. The summed E-state index contributed by atoms with van der Waals surface area (Å²) in [7, 11) is 0. The number of nitrogens with zero attached hydrogens (tertiary/aromatic N) is 2. The van der Waals surface area contributed by atoms with E-state index in [1.807, 2.05) is 0 Å². The molecule has 0 saturated carbocycles. The molecule has 5 heteroatoms. The molecule has 1 amide bonds. The van der Waals surface area contributed by atoms with Crippen LogP contribution in [0, 0.1) is 0 Å². The number of hydrogen-bond acceptors (Lipinski definition) is 3. The van der Waals surface area contributed by atoms with E-state index in [0.717, 1.165) is 0 Å². The molecule has 0 saturated heterocycles. The number of hydrogen-bond donors (Lipinski definition) is 2. The van der Waals surface area contributed by atoms with E-state index in [1.54, 1.807) is 0 Å². The molecule has 1 aromatic rings. The summed E-state index contributed by atoms with van der Waals surface area (Å²) >= 11 is 0. The van der Waals surface area contributed by atoms with Crippen molar-refractivity contribution < 1.29 is 4.79 Å². The molecule has 0 bridgehead atoms. The van der Waals surface area contributed by atoms with E-state index in [0.29, 0.717) is 5.69 Å². The Bertz CT molecular complexity index is 251. The summed E-state index contributed by atoms with van der Waals surface area (Å²) in [6.45, 7) is 3.40. The Morgan fingerprint density at radius 1 is 1.80 bits per heavy atom. The van der Waals surface area contributed by atoms with Crippen LogP contribution in [0.3, 0.4) is 0 Å². The predicted molar refractivity (Wildman–Crippen MR) is 34.6 cm³/mol. The van der Waals surface area contributed by atoms with Crippen LogP contribution in [-0.2, 0) is 4.79 Å². The molecule has 0 aliphatic rings. The second-order valence-corrected chi connectivity index (χ2v) is 1.70. The maximum atomic E-state index is 10.4. The number of amides is 1. The maximum absolute atomic E-state index is 10.4. The highest BCUT2D eigenvalue weighted by Crippen LogP contribution is 2.03. The number of carbonyl (C=O) groups excluding carboxylic acids is 1. The third-order valence-electron chi connectivity index (χ3n) is 1.02. The molecular weight excluding hydrogens is 132 g/mol. The topological polar surface area (TPSA) is 84.7 Å². The van der Waals surface area contributed by atoms with Gasteiger partial charge in [0.25, 0.3) is 0 Å². The third-order valence-corrected chi connectivity index (χ3v) is 1.02. The van der Waals surface area contributed by atoms with Gasteiger partial charge < -0.3 is 5.73 Å². The second-order valence-electron chi connectivity index (χ2n) is 1.70. The van der Waals surface area contributed by atoms with Crippen molar-refractivity contribution in [2.45, 2.75) is 0 Å². The SMILES string of the molecule is C=C(C(N)=O)c1cn[nH]n1. The average Bonchev–Trinajstić information content (AvgIpc) is 2.36. The fraction of sp³-hybridized carbons (Fsp3) is 0. The molecule has 0 atom stereocenters. The summed E-state index contributed by atoms with van der Waals surface area (Å²) in [6.07, 6.45) is 1.38.